The molecule has 10 heteroatoms. The van der Waals surface area contributed by atoms with E-state index in [1.54, 1.807) is 25.3 Å². The monoisotopic (exact) mass is 514 g/mol. The second-order valence-corrected chi connectivity index (χ2v) is 10.3. The van der Waals surface area contributed by atoms with Crippen LogP contribution in [0.4, 0.5) is 0 Å². The Labute approximate surface area is 215 Å². The average Bonchev–Trinajstić information content (AvgIpc) is 3.32. The van der Waals surface area contributed by atoms with Crippen LogP contribution in [-0.4, -0.2) is 38.7 Å². The summed E-state index contributed by atoms with van der Waals surface area (Å²) in [5.74, 6) is -1.11. The maximum Gasteiger partial charge on any atom is 0.340 e. The summed E-state index contributed by atoms with van der Waals surface area (Å²) < 4.78 is 6.15. The summed E-state index contributed by atoms with van der Waals surface area (Å²) >= 11 is 6.06. The molecule has 1 aliphatic carbocycles. The first-order valence-electron chi connectivity index (χ1n) is 12.6. The predicted octanol–water partition coefficient (Wildman–Crippen LogP) is 5.57. The quantitative estimate of drug-likeness (QED) is 0.304. The van der Waals surface area contributed by atoms with Crippen LogP contribution in [-0.2, 0) is 26.5 Å². The molecule has 36 heavy (non-hydrogen) atoms. The van der Waals surface area contributed by atoms with Crippen molar-refractivity contribution < 1.29 is 24.4 Å². The number of benzene rings is 1. The minimum atomic E-state index is -1.62. The average molecular weight is 515 g/mol. The summed E-state index contributed by atoms with van der Waals surface area (Å²) in [6, 6.07) is 7.38. The molecule has 2 fully saturated rings. The Morgan fingerprint density at radius 3 is 2.72 bits per heavy atom. The van der Waals surface area contributed by atoms with E-state index in [1.165, 1.54) is 5.01 Å². The highest BCUT2D eigenvalue weighted by Crippen LogP contribution is 2.46. The molecule has 2 aliphatic heterocycles. The van der Waals surface area contributed by atoms with Gasteiger partial charge in [-0.3, -0.25) is 4.98 Å². The van der Waals surface area contributed by atoms with Gasteiger partial charge in [-0.2, -0.15) is 0 Å². The lowest BCUT2D eigenvalue weighted by Gasteiger charge is -2.41. The lowest BCUT2D eigenvalue weighted by atomic mass is 9.77. The van der Waals surface area contributed by atoms with Gasteiger partial charge in [-0.05, 0) is 75.1 Å². The molecular weight excluding hydrogens is 484 g/mol. The number of hydrogen-bond acceptors (Lipinski definition) is 6. The fraction of sp³-hybridized carbons (Fsp3) is 0.538. The van der Waals surface area contributed by atoms with Crippen molar-refractivity contribution in [2.24, 2.45) is 5.28 Å². The predicted molar refractivity (Wildman–Crippen MR) is 131 cm³/mol. The molecule has 1 saturated carbocycles. The molecule has 3 heterocycles. The zero-order valence-corrected chi connectivity index (χ0v) is 21.1. The van der Waals surface area contributed by atoms with Crippen molar-refractivity contribution in [1.82, 2.24) is 9.99 Å². The van der Waals surface area contributed by atoms with E-state index in [-0.39, 0.29) is 25.7 Å². The van der Waals surface area contributed by atoms with E-state index in [0.29, 0.717) is 34.1 Å². The maximum atomic E-state index is 13.3. The minimum absolute atomic E-state index is 0.114. The fourth-order valence-corrected chi connectivity index (χ4v) is 5.99. The number of piperidine rings is 1. The molecule has 1 aromatic carbocycles. The van der Waals surface area contributed by atoms with Gasteiger partial charge in [0.15, 0.2) is 0 Å². The first-order chi connectivity index (χ1) is 17.4. The van der Waals surface area contributed by atoms with Gasteiger partial charge in [0.2, 0.25) is 10.8 Å². The highest BCUT2D eigenvalue weighted by molar-refractivity contribution is 6.30. The van der Waals surface area contributed by atoms with Gasteiger partial charge in [-0.15, -0.1) is 5.01 Å². The largest absolute Gasteiger partial charge is 0.569 e. The second-order valence-electron chi connectivity index (χ2n) is 9.84. The molecule has 2 aromatic rings. The summed E-state index contributed by atoms with van der Waals surface area (Å²) in [5, 5.41) is 29.7. The Kier molecular flexibility index (Phi) is 7.03. The number of ether oxygens (including phenoxy) is 1. The Bertz CT molecular complexity index is 1150. The van der Waals surface area contributed by atoms with E-state index in [0.717, 1.165) is 48.8 Å². The summed E-state index contributed by atoms with van der Waals surface area (Å²) in [5.41, 5.74) is 1.92. The molecule has 2 atom stereocenters. The highest BCUT2D eigenvalue weighted by Gasteiger charge is 2.56. The molecule has 1 unspecified atom stereocenters. The van der Waals surface area contributed by atoms with Crippen LogP contribution in [0, 0.1) is 12.1 Å². The normalized spacial score (nSPS) is 25.0. The molecule has 9 nitrogen and oxygen atoms in total. The summed E-state index contributed by atoms with van der Waals surface area (Å²) in [6.45, 7) is 2.25. The zero-order chi connectivity index (χ0) is 25.3. The van der Waals surface area contributed by atoms with E-state index in [2.05, 4.69) is 10.3 Å². The van der Waals surface area contributed by atoms with Crippen LogP contribution in [0.2, 0.25) is 5.02 Å². The van der Waals surface area contributed by atoms with Gasteiger partial charge in [0.1, 0.15) is 12.2 Å². The number of nitrogens with zero attached hydrogens (tertiary/aromatic N) is 4. The summed E-state index contributed by atoms with van der Waals surface area (Å²) in [6.07, 6.45) is 7.75. The smallest absolute Gasteiger partial charge is 0.340 e. The third-order valence-electron chi connectivity index (χ3n) is 7.65. The number of aryl methyl sites for hydroxylation is 1. The molecule has 1 N–H and O–H groups in total. The number of aliphatic carboxylic acids is 1. The number of hydrazine groups is 1. The van der Waals surface area contributed by atoms with Crippen molar-refractivity contribution in [2.45, 2.75) is 82.6 Å². The van der Waals surface area contributed by atoms with Gasteiger partial charge in [0, 0.05) is 28.0 Å². The van der Waals surface area contributed by atoms with Crippen molar-refractivity contribution in [3.8, 4) is 0 Å². The van der Waals surface area contributed by atoms with Crippen molar-refractivity contribution in [2.75, 3.05) is 6.54 Å². The van der Waals surface area contributed by atoms with Gasteiger partial charge in [-0.1, -0.05) is 30.2 Å². The van der Waals surface area contributed by atoms with Crippen LogP contribution in [0.15, 0.2) is 35.7 Å². The molecular formula is C26H31ClN4O5. The van der Waals surface area contributed by atoms with E-state index in [1.807, 2.05) is 12.1 Å². The van der Waals surface area contributed by atoms with Crippen molar-refractivity contribution in [3.63, 3.8) is 0 Å². The number of fused-ring (bicyclic) bond motifs is 1. The molecule has 3 aliphatic rings. The molecule has 1 aromatic heterocycles. The number of pyridine rings is 1. The highest BCUT2D eigenvalue weighted by atomic mass is 35.5. The first kappa shape index (κ1) is 24.8. The first-order valence-corrected chi connectivity index (χ1v) is 13.0. The van der Waals surface area contributed by atoms with Crippen LogP contribution in [0.1, 0.15) is 85.4 Å². The van der Waals surface area contributed by atoms with Crippen LogP contribution < -0.4 is 0 Å². The van der Waals surface area contributed by atoms with Crippen LogP contribution in [0.3, 0.4) is 0 Å². The summed E-state index contributed by atoms with van der Waals surface area (Å²) in [4.78, 5) is 23.6. The van der Waals surface area contributed by atoms with Crippen LogP contribution >= 0.6 is 11.6 Å². The number of halogens is 1. The van der Waals surface area contributed by atoms with E-state index >= 15 is 0 Å². The minimum Gasteiger partial charge on any atom is -0.569 e. The van der Waals surface area contributed by atoms with Crippen LogP contribution in [0.5, 0.6) is 0 Å². The van der Waals surface area contributed by atoms with E-state index < -0.39 is 17.6 Å². The Morgan fingerprint density at radius 2 is 2.00 bits per heavy atom. The number of hydrogen-bond donors (Lipinski definition) is 1. The topological polar surface area (TPSA) is 110 Å². The number of aromatic nitrogens is 1. The Hall–Kier alpha value is -2.91. The third-order valence-corrected chi connectivity index (χ3v) is 7.90. The number of rotatable bonds is 6. The lowest BCUT2D eigenvalue weighted by Crippen LogP contribution is -2.58. The second kappa shape index (κ2) is 10.2. The molecule has 0 bridgehead atoms. The van der Waals surface area contributed by atoms with Gasteiger partial charge >= 0.3 is 5.97 Å². The van der Waals surface area contributed by atoms with E-state index in [9.17, 15) is 15.1 Å². The number of carbonyl (C=O) groups is 1. The Balaban J connectivity index is 1.55. The molecule has 1 saturated heterocycles. The standard InChI is InChI=1S/C26H31ClN4O5/c1-17-23(22-16-35-24(21(22)15-28-17)18-9-11-19(27)12-10-18)26(25(32)33)13-5-6-14-30(26)31(34)29-36-20-7-3-2-4-8-20/h9-12,15,20,24H,2-8,13-14,16H2,1H3,(H,32,33)/t24-,26?/m0/s1. The van der Waals surface area contributed by atoms with E-state index in [4.69, 9.17) is 21.2 Å². The molecule has 0 spiro atoms. The SMILES string of the molecule is Cc1ncc2c(c1C1(C(=O)O)CCCCN1[N+]([O-])=NOC1CCCCC1)CO[C@H]2c1ccc(Cl)cc1. The van der Waals surface area contributed by atoms with Crippen molar-refractivity contribution in [1.29, 1.82) is 0 Å². The molecule has 192 valence electrons. The fourth-order valence-electron chi connectivity index (χ4n) is 5.87. The van der Waals surface area contributed by atoms with Gasteiger partial charge < -0.3 is 19.9 Å². The number of carboxylic acid groups (broad SMARTS) is 1. The maximum absolute atomic E-state index is 13.3. The molecule has 0 amide bonds. The van der Waals surface area contributed by atoms with Gasteiger partial charge in [0.05, 0.1) is 18.1 Å². The summed E-state index contributed by atoms with van der Waals surface area (Å²) in [7, 11) is 0. The number of carboxylic acids is 1. The zero-order valence-electron chi connectivity index (χ0n) is 20.4. The van der Waals surface area contributed by atoms with Crippen molar-refractivity contribution >= 4 is 17.6 Å². The van der Waals surface area contributed by atoms with Gasteiger partial charge in [0.25, 0.3) is 0 Å². The third kappa shape index (κ3) is 4.39. The molecule has 0 radical (unpaired) electrons. The lowest BCUT2D eigenvalue weighted by molar-refractivity contribution is -0.729. The van der Waals surface area contributed by atoms with Crippen LogP contribution in [0.25, 0.3) is 0 Å². The Morgan fingerprint density at radius 1 is 1.25 bits per heavy atom. The molecule has 5 rings (SSSR count). The van der Waals surface area contributed by atoms with Gasteiger partial charge in [-0.25, -0.2) is 4.79 Å². The van der Waals surface area contributed by atoms with Crippen molar-refractivity contribution in [3.05, 3.63) is 68.6 Å².